The highest BCUT2D eigenvalue weighted by atomic mass is 16.6. The summed E-state index contributed by atoms with van der Waals surface area (Å²) >= 11 is 0. The molecule has 1 atom stereocenters. The van der Waals surface area contributed by atoms with Gasteiger partial charge in [0.25, 0.3) is 0 Å². The number of carbonyl (C=O) groups is 2. The van der Waals surface area contributed by atoms with E-state index in [0.717, 1.165) is 103 Å². The van der Waals surface area contributed by atoms with Crippen molar-refractivity contribution in [3.8, 4) is 0 Å². The van der Waals surface area contributed by atoms with Crippen LogP contribution in [-0.4, -0.2) is 36.4 Å². The standard InChI is InChI=1S/C61H102O5/c1-3-5-7-9-11-13-15-17-19-21-22-23-24-25-26-27-28-29-30-31-32-33-34-35-36-37-38-40-42-44-46-48-50-52-54-56-61(64)66-59(57-62)58-65-60(63)55-53-51-49-47-45-43-41-39-20-18-16-14-12-10-8-6-4-2/h5-8,11-14,17-20,22-23,25-26,28-29,59,62H,3-4,9-10,15-16,21,24,27,30-58H2,1-2H3/b7-5-,8-6-,13-11-,14-12-,19-17-,20-18-,23-22-,26-25-,29-28-. The minimum Gasteiger partial charge on any atom is -0.462 e. The van der Waals surface area contributed by atoms with E-state index in [1.54, 1.807) is 0 Å². The maximum absolute atomic E-state index is 12.3. The Kier molecular flexibility index (Phi) is 53.0. The molecule has 0 heterocycles. The van der Waals surface area contributed by atoms with E-state index in [-0.39, 0.29) is 25.2 Å². The van der Waals surface area contributed by atoms with Gasteiger partial charge < -0.3 is 14.6 Å². The highest BCUT2D eigenvalue weighted by Crippen LogP contribution is 2.16. The Hall–Kier alpha value is -3.44. The number of rotatable bonds is 49. The van der Waals surface area contributed by atoms with Gasteiger partial charge in [-0.2, -0.15) is 0 Å². The predicted octanol–water partition coefficient (Wildman–Crippen LogP) is 18.5. The normalized spacial score (nSPS) is 13.1. The van der Waals surface area contributed by atoms with Crippen molar-refractivity contribution in [2.75, 3.05) is 13.2 Å². The van der Waals surface area contributed by atoms with E-state index in [4.69, 9.17) is 9.47 Å². The minimum absolute atomic E-state index is 0.0745. The highest BCUT2D eigenvalue weighted by molar-refractivity contribution is 5.70. The largest absolute Gasteiger partial charge is 0.462 e. The van der Waals surface area contributed by atoms with Crippen LogP contribution in [0.15, 0.2) is 109 Å². The topological polar surface area (TPSA) is 72.8 Å². The maximum Gasteiger partial charge on any atom is 0.306 e. The fraction of sp³-hybridized carbons (Fsp3) is 0.672. The lowest BCUT2D eigenvalue weighted by Crippen LogP contribution is -2.28. The summed E-state index contributed by atoms with van der Waals surface area (Å²) in [6.45, 7) is 3.91. The molecule has 0 radical (unpaired) electrons. The Balaban J connectivity index is 3.50. The van der Waals surface area contributed by atoms with Gasteiger partial charge in [0.15, 0.2) is 6.10 Å². The van der Waals surface area contributed by atoms with Crippen molar-refractivity contribution >= 4 is 11.9 Å². The second-order valence-corrected chi connectivity index (χ2v) is 17.9. The van der Waals surface area contributed by atoms with E-state index >= 15 is 0 Å². The monoisotopic (exact) mass is 915 g/mol. The van der Waals surface area contributed by atoms with Crippen molar-refractivity contribution in [3.63, 3.8) is 0 Å². The molecule has 0 aliphatic rings. The van der Waals surface area contributed by atoms with Gasteiger partial charge in [-0.25, -0.2) is 0 Å². The molecule has 66 heavy (non-hydrogen) atoms. The van der Waals surface area contributed by atoms with Crippen molar-refractivity contribution in [1.29, 1.82) is 0 Å². The van der Waals surface area contributed by atoms with Gasteiger partial charge in [0.05, 0.1) is 6.61 Å². The highest BCUT2D eigenvalue weighted by Gasteiger charge is 2.16. The number of aliphatic hydroxyl groups excluding tert-OH is 1. The Labute approximate surface area is 408 Å². The van der Waals surface area contributed by atoms with Crippen molar-refractivity contribution in [3.05, 3.63) is 109 Å². The van der Waals surface area contributed by atoms with Gasteiger partial charge in [-0.15, -0.1) is 0 Å². The number of hydrogen-bond acceptors (Lipinski definition) is 5. The van der Waals surface area contributed by atoms with Crippen LogP contribution in [0.3, 0.4) is 0 Å². The van der Waals surface area contributed by atoms with Crippen LogP contribution in [0, 0.1) is 0 Å². The predicted molar refractivity (Wildman–Crippen MR) is 288 cm³/mol. The van der Waals surface area contributed by atoms with Gasteiger partial charge in [-0.1, -0.05) is 245 Å². The maximum atomic E-state index is 12.3. The number of esters is 2. The van der Waals surface area contributed by atoms with Crippen LogP contribution in [0.2, 0.25) is 0 Å². The van der Waals surface area contributed by atoms with Crippen LogP contribution in [0.1, 0.15) is 245 Å². The first kappa shape index (κ1) is 62.6. The second kappa shape index (κ2) is 55.9. The first-order valence-corrected chi connectivity index (χ1v) is 27.4. The van der Waals surface area contributed by atoms with Gasteiger partial charge in [0, 0.05) is 12.8 Å². The molecule has 0 aromatic rings. The average molecular weight is 915 g/mol. The molecule has 0 saturated carbocycles. The van der Waals surface area contributed by atoms with Gasteiger partial charge in [-0.05, 0) is 96.3 Å². The van der Waals surface area contributed by atoms with Crippen LogP contribution in [0.5, 0.6) is 0 Å². The molecule has 0 aliphatic carbocycles. The molecule has 376 valence electrons. The molecule has 5 heteroatoms. The number of ether oxygens (including phenoxy) is 2. The summed E-state index contributed by atoms with van der Waals surface area (Å²) in [4.78, 5) is 24.5. The smallest absolute Gasteiger partial charge is 0.306 e. The minimum atomic E-state index is -0.782. The van der Waals surface area contributed by atoms with Crippen molar-refractivity contribution in [2.45, 2.75) is 251 Å². The zero-order valence-corrected chi connectivity index (χ0v) is 42.9. The van der Waals surface area contributed by atoms with Gasteiger partial charge in [0.1, 0.15) is 6.61 Å². The van der Waals surface area contributed by atoms with Crippen molar-refractivity contribution in [2.24, 2.45) is 0 Å². The van der Waals surface area contributed by atoms with Gasteiger partial charge >= 0.3 is 11.9 Å². The van der Waals surface area contributed by atoms with Crippen molar-refractivity contribution in [1.82, 2.24) is 0 Å². The Morgan fingerprint density at radius 2 is 0.606 bits per heavy atom. The van der Waals surface area contributed by atoms with E-state index < -0.39 is 6.10 Å². The van der Waals surface area contributed by atoms with Gasteiger partial charge in [-0.3, -0.25) is 9.59 Å². The molecule has 0 bridgehead atoms. The van der Waals surface area contributed by atoms with Crippen LogP contribution < -0.4 is 0 Å². The fourth-order valence-electron chi connectivity index (χ4n) is 7.51. The summed E-state index contributed by atoms with van der Waals surface area (Å²) in [7, 11) is 0. The Morgan fingerprint density at radius 1 is 0.348 bits per heavy atom. The molecule has 0 aromatic heterocycles. The molecule has 0 amide bonds. The van der Waals surface area contributed by atoms with Crippen LogP contribution in [0.25, 0.3) is 0 Å². The number of allylic oxidation sites excluding steroid dienone is 18. The number of aliphatic hydroxyl groups is 1. The zero-order chi connectivity index (χ0) is 47.7. The SMILES string of the molecule is CC/C=C\C/C=C\C/C=C\C/C=C\C/C=C\C/C=C\CCCCCCCCCCCCCCCCCCC(=O)OC(CO)COC(=O)CCCCCCCCC/C=C\C/C=C\C/C=C\CC. The summed E-state index contributed by atoms with van der Waals surface area (Å²) in [5, 5.41) is 9.64. The second-order valence-electron chi connectivity index (χ2n) is 17.9. The molecular weight excluding hydrogens is 813 g/mol. The van der Waals surface area contributed by atoms with E-state index in [1.807, 2.05) is 0 Å². The zero-order valence-electron chi connectivity index (χ0n) is 42.9. The van der Waals surface area contributed by atoms with Crippen LogP contribution in [-0.2, 0) is 19.1 Å². The molecule has 1 unspecified atom stereocenters. The first-order chi connectivity index (χ1) is 32.6. The molecule has 0 rings (SSSR count). The molecular formula is C61H102O5. The van der Waals surface area contributed by atoms with E-state index in [1.165, 1.54) is 116 Å². The lowest BCUT2D eigenvalue weighted by molar-refractivity contribution is -0.161. The molecule has 0 aliphatic heterocycles. The molecule has 0 aromatic carbocycles. The van der Waals surface area contributed by atoms with Crippen LogP contribution in [0.4, 0.5) is 0 Å². The Morgan fingerprint density at radius 3 is 0.909 bits per heavy atom. The summed E-state index contributed by atoms with van der Waals surface area (Å²) in [5.74, 6) is -0.602. The van der Waals surface area contributed by atoms with E-state index in [2.05, 4.69) is 123 Å². The fourth-order valence-corrected chi connectivity index (χ4v) is 7.51. The molecule has 0 saturated heterocycles. The summed E-state index contributed by atoms with van der Waals surface area (Å²) in [5.41, 5.74) is 0. The third-order valence-electron chi connectivity index (χ3n) is 11.6. The molecule has 1 N–H and O–H groups in total. The summed E-state index contributed by atoms with van der Waals surface area (Å²) in [6.07, 6.45) is 80.6. The average Bonchev–Trinajstić information content (AvgIpc) is 3.32. The molecule has 0 spiro atoms. The number of unbranched alkanes of at least 4 members (excludes halogenated alkanes) is 23. The molecule has 5 nitrogen and oxygen atoms in total. The third-order valence-corrected chi connectivity index (χ3v) is 11.6. The third kappa shape index (κ3) is 53.2. The Bertz CT molecular complexity index is 1310. The number of carbonyl (C=O) groups excluding carboxylic acids is 2. The molecule has 0 fully saturated rings. The first-order valence-electron chi connectivity index (χ1n) is 27.4. The number of hydrogen-bond donors (Lipinski definition) is 1. The quantitative estimate of drug-likeness (QED) is 0.0374. The van der Waals surface area contributed by atoms with E-state index in [0.29, 0.717) is 12.8 Å². The summed E-state index contributed by atoms with van der Waals surface area (Å²) < 4.78 is 10.7. The lowest BCUT2D eigenvalue weighted by Gasteiger charge is -2.15. The van der Waals surface area contributed by atoms with Gasteiger partial charge in [0.2, 0.25) is 0 Å². The van der Waals surface area contributed by atoms with Crippen LogP contribution >= 0.6 is 0 Å². The lowest BCUT2D eigenvalue weighted by atomic mass is 10.0. The summed E-state index contributed by atoms with van der Waals surface area (Å²) in [6, 6.07) is 0. The van der Waals surface area contributed by atoms with E-state index in [9.17, 15) is 14.7 Å². The van der Waals surface area contributed by atoms with Crippen molar-refractivity contribution < 1.29 is 24.2 Å².